The maximum Gasteiger partial charge on any atom is 0.159 e. The smallest absolute Gasteiger partial charge is 0.159 e. The van der Waals surface area contributed by atoms with Gasteiger partial charge >= 0.3 is 0 Å². The van der Waals surface area contributed by atoms with Gasteiger partial charge < -0.3 is 14.1 Å². The molecule has 0 spiro atoms. The maximum absolute atomic E-state index is 7.43. The second kappa shape index (κ2) is 13.9. The molecule has 0 fully saturated rings. The number of anilines is 3. The molecule has 3 nitrogen and oxygen atoms in total. The summed E-state index contributed by atoms with van der Waals surface area (Å²) in [4.78, 5) is 2.39. The molecular weight excluding hydrogens is 779 g/mol. The highest BCUT2D eigenvalue weighted by atomic mass is 16.5. The van der Waals surface area contributed by atoms with E-state index in [0.717, 1.165) is 95.0 Å². The predicted octanol–water partition coefficient (Wildman–Crippen LogP) is 17.3. The number of nitrogens with zero attached hydrogens (tertiary/aromatic N) is 1. The first kappa shape index (κ1) is 36.5. The summed E-state index contributed by atoms with van der Waals surface area (Å²) in [5, 5.41) is 4.63. The molecule has 0 atom stereocenters. The third-order valence-electron chi connectivity index (χ3n) is 13.7. The zero-order valence-corrected chi connectivity index (χ0v) is 35.5. The molecule has 0 radical (unpaired) electrons. The number of fused-ring (bicyclic) bond motifs is 12. The van der Waals surface area contributed by atoms with Crippen molar-refractivity contribution in [3.8, 4) is 67.1 Å². The highest BCUT2D eigenvalue weighted by Crippen LogP contribution is 2.56. The quantitative estimate of drug-likeness (QED) is 0.173. The normalized spacial score (nSPS) is 13.1. The summed E-state index contributed by atoms with van der Waals surface area (Å²) >= 11 is 0. The van der Waals surface area contributed by atoms with Crippen LogP contribution < -0.4 is 9.64 Å². The lowest BCUT2D eigenvalue weighted by atomic mass is 9.82. The molecule has 2 aliphatic rings. The summed E-state index contributed by atoms with van der Waals surface area (Å²) in [5.74, 6) is 1.63. The summed E-state index contributed by atoms with van der Waals surface area (Å²) in [5.41, 5.74) is 18.7. The number of hydrogen-bond donors (Lipinski definition) is 0. The van der Waals surface area contributed by atoms with Crippen LogP contribution in [0.25, 0.3) is 88.3 Å². The van der Waals surface area contributed by atoms with Gasteiger partial charge in [-0.2, -0.15) is 0 Å². The van der Waals surface area contributed by atoms with E-state index in [1.807, 2.05) is 12.1 Å². The number of furan rings is 1. The lowest BCUT2D eigenvalue weighted by molar-refractivity contribution is 0.489. The second-order valence-electron chi connectivity index (χ2n) is 17.6. The number of para-hydroxylation sites is 3. The Hall–Kier alpha value is -8.14. The summed E-state index contributed by atoms with van der Waals surface area (Å²) < 4.78 is 13.9. The molecule has 11 aromatic rings. The van der Waals surface area contributed by atoms with Crippen LogP contribution in [0.4, 0.5) is 17.1 Å². The third-order valence-corrected chi connectivity index (χ3v) is 13.7. The number of benzene rings is 10. The molecule has 3 heteroatoms. The first-order valence-electron chi connectivity index (χ1n) is 22.1. The summed E-state index contributed by atoms with van der Waals surface area (Å²) in [6.07, 6.45) is 0. The van der Waals surface area contributed by atoms with Crippen LogP contribution in [-0.2, 0) is 5.41 Å². The molecule has 1 aromatic heterocycles. The van der Waals surface area contributed by atoms with Crippen molar-refractivity contribution >= 4 is 49.8 Å². The fourth-order valence-corrected chi connectivity index (χ4v) is 10.5. The Balaban J connectivity index is 1.03. The van der Waals surface area contributed by atoms with E-state index in [0.29, 0.717) is 0 Å². The second-order valence-corrected chi connectivity index (χ2v) is 17.6. The monoisotopic (exact) mass is 819 g/mol. The van der Waals surface area contributed by atoms with Crippen LogP contribution in [0.3, 0.4) is 0 Å². The maximum atomic E-state index is 7.43. The van der Waals surface area contributed by atoms with E-state index in [4.69, 9.17) is 9.15 Å². The van der Waals surface area contributed by atoms with E-state index < -0.39 is 0 Å². The molecule has 302 valence electrons. The van der Waals surface area contributed by atoms with Gasteiger partial charge in [-0.15, -0.1) is 0 Å². The van der Waals surface area contributed by atoms with Crippen molar-refractivity contribution in [1.29, 1.82) is 0 Å². The molecule has 10 aromatic carbocycles. The van der Waals surface area contributed by atoms with Crippen LogP contribution >= 0.6 is 0 Å². The zero-order chi connectivity index (χ0) is 42.5. The van der Waals surface area contributed by atoms with Gasteiger partial charge in [0.25, 0.3) is 0 Å². The molecule has 0 N–H and O–H groups in total. The van der Waals surface area contributed by atoms with Crippen molar-refractivity contribution in [2.75, 3.05) is 4.90 Å². The van der Waals surface area contributed by atoms with Crippen molar-refractivity contribution in [3.63, 3.8) is 0 Å². The molecule has 0 amide bonds. The standard InChI is InChI=1S/C61H41NO2/c1-61(2)54-23-10-8-18-46(54)47-33-31-44(37-55(47)61)62(43-29-26-39(27-30-43)45-20-12-21-50-48-19-9-11-25-57(48)63-59(45)50)56-24-13-22-51-53-35-41-17-7-6-16-40(41)34-52(53)49-32-28-42(36-58(49)64-60(51)56)38-14-4-3-5-15-38/h3-37H,1-2H3. The third kappa shape index (κ3) is 5.54. The van der Waals surface area contributed by atoms with Crippen LogP contribution in [0, 0.1) is 0 Å². The lowest BCUT2D eigenvalue weighted by Crippen LogP contribution is -2.17. The van der Waals surface area contributed by atoms with Crippen LogP contribution in [0.2, 0.25) is 0 Å². The number of ether oxygens (including phenoxy) is 1. The number of rotatable bonds is 5. The Morgan fingerprint density at radius 1 is 0.391 bits per heavy atom. The van der Waals surface area contributed by atoms with Gasteiger partial charge in [0.1, 0.15) is 16.9 Å². The average molecular weight is 820 g/mol. The fourth-order valence-electron chi connectivity index (χ4n) is 10.5. The topological polar surface area (TPSA) is 25.6 Å². The molecule has 0 bridgehead atoms. The molecule has 0 saturated heterocycles. The SMILES string of the molecule is CC1(C)c2ccccc2-c2ccc(N(c3ccc(-c4cccc5c4oc4ccccc45)cc3)c3cccc4c3Oc3cc(-c5ccccc5)ccc3-c3cc5ccccc5cc3-4)cc21. The lowest BCUT2D eigenvalue weighted by Gasteiger charge is -2.30. The molecular formula is C61H41NO2. The van der Waals surface area contributed by atoms with Gasteiger partial charge in [0.05, 0.1) is 5.69 Å². The molecule has 13 rings (SSSR count). The summed E-state index contributed by atoms with van der Waals surface area (Å²) in [7, 11) is 0. The Bertz CT molecular complexity index is 3670. The van der Waals surface area contributed by atoms with Gasteiger partial charge in [0, 0.05) is 44.3 Å². The van der Waals surface area contributed by atoms with Crippen LogP contribution in [0.15, 0.2) is 217 Å². The Labute approximate surface area is 372 Å². The van der Waals surface area contributed by atoms with Gasteiger partial charge in [-0.3, -0.25) is 0 Å². The molecule has 0 unspecified atom stereocenters. The molecule has 1 aliphatic carbocycles. The Morgan fingerprint density at radius 2 is 1.02 bits per heavy atom. The van der Waals surface area contributed by atoms with E-state index in [-0.39, 0.29) is 5.41 Å². The van der Waals surface area contributed by atoms with E-state index >= 15 is 0 Å². The van der Waals surface area contributed by atoms with E-state index in [9.17, 15) is 0 Å². The average Bonchev–Trinajstić information content (AvgIpc) is 3.79. The molecule has 1 aliphatic heterocycles. The summed E-state index contributed by atoms with van der Waals surface area (Å²) in [6, 6.07) is 76.6. The van der Waals surface area contributed by atoms with Gasteiger partial charge in [0.15, 0.2) is 5.75 Å². The van der Waals surface area contributed by atoms with Crippen molar-refractivity contribution in [2.45, 2.75) is 19.3 Å². The molecule has 2 heterocycles. The van der Waals surface area contributed by atoms with Crippen molar-refractivity contribution < 1.29 is 9.15 Å². The highest BCUT2D eigenvalue weighted by molar-refractivity contribution is 6.10. The highest BCUT2D eigenvalue weighted by Gasteiger charge is 2.36. The minimum absolute atomic E-state index is 0.181. The van der Waals surface area contributed by atoms with Crippen LogP contribution in [0.1, 0.15) is 25.0 Å². The van der Waals surface area contributed by atoms with Crippen LogP contribution in [-0.4, -0.2) is 0 Å². The van der Waals surface area contributed by atoms with E-state index in [2.05, 4.69) is 219 Å². The van der Waals surface area contributed by atoms with Gasteiger partial charge in [-0.1, -0.05) is 166 Å². The van der Waals surface area contributed by atoms with Crippen molar-refractivity contribution in [1.82, 2.24) is 0 Å². The number of hydrogen-bond acceptors (Lipinski definition) is 3. The van der Waals surface area contributed by atoms with Crippen LogP contribution in [0.5, 0.6) is 11.5 Å². The minimum atomic E-state index is -0.181. The zero-order valence-electron chi connectivity index (χ0n) is 35.5. The van der Waals surface area contributed by atoms with Gasteiger partial charge in [-0.25, -0.2) is 0 Å². The van der Waals surface area contributed by atoms with Crippen molar-refractivity contribution in [2.24, 2.45) is 0 Å². The first-order chi connectivity index (χ1) is 31.5. The minimum Gasteiger partial charge on any atom is -0.455 e. The van der Waals surface area contributed by atoms with E-state index in [1.165, 1.54) is 33.0 Å². The summed E-state index contributed by atoms with van der Waals surface area (Å²) in [6.45, 7) is 4.69. The Kier molecular flexibility index (Phi) is 7.95. The predicted molar refractivity (Wildman–Crippen MR) is 265 cm³/mol. The van der Waals surface area contributed by atoms with E-state index in [1.54, 1.807) is 0 Å². The molecule has 0 saturated carbocycles. The van der Waals surface area contributed by atoms with Crippen molar-refractivity contribution in [3.05, 3.63) is 223 Å². The largest absolute Gasteiger partial charge is 0.455 e. The van der Waals surface area contributed by atoms with Gasteiger partial charge in [0.2, 0.25) is 0 Å². The first-order valence-corrected chi connectivity index (χ1v) is 22.1. The van der Waals surface area contributed by atoms with Gasteiger partial charge in [-0.05, 0) is 122 Å². The fraction of sp³-hybridized carbons (Fsp3) is 0.0492. The Morgan fingerprint density at radius 3 is 1.86 bits per heavy atom. The molecule has 64 heavy (non-hydrogen) atoms.